The molecule has 0 bridgehead atoms. The summed E-state index contributed by atoms with van der Waals surface area (Å²) in [6, 6.07) is 7.16. The Hall–Kier alpha value is -2.08. The van der Waals surface area contributed by atoms with E-state index in [2.05, 4.69) is 17.1 Å². The summed E-state index contributed by atoms with van der Waals surface area (Å²) in [6.07, 6.45) is 2.36. The van der Waals surface area contributed by atoms with Crippen molar-refractivity contribution in [3.63, 3.8) is 0 Å². The maximum atomic E-state index is 11.5. The lowest BCUT2D eigenvalue weighted by Gasteiger charge is -2.39. The molecule has 6 nitrogen and oxygen atoms in total. The number of nitrogens with zero attached hydrogens (tertiary/aromatic N) is 1. The molecule has 1 fully saturated rings. The van der Waals surface area contributed by atoms with Gasteiger partial charge < -0.3 is 15.2 Å². The highest BCUT2D eigenvalue weighted by atomic mass is 16.5. The van der Waals surface area contributed by atoms with E-state index in [0.29, 0.717) is 12.2 Å². The Kier molecular flexibility index (Phi) is 6.40. The van der Waals surface area contributed by atoms with Crippen LogP contribution in [-0.4, -0.2) is 54.4 Å². The van der Waals surface area contributed by atoms with E-state index in [-0.39, 0.29) is 12.1 Å². The number of amides is 1. The van der Waals surface area contributed by atoms with Crippen LogP contribution in [0.4, 0.5) is 4.79 Å². The average molecular weight is 320 g/mol. The van der Waals surface area contributed by atoms with Gasteiger partial charge in [0, 0.05) is 19.6 Å². The van der Waals surface area contributed by atoms with Gasteiger partial charge in [0.15, 0.2) is 0 Å². The van der Waals surface area contributed by atoms with E-state index in [1.807, 2.05) is 6.07 Å². The molecule has 2 rings (SSSR count). The quantitative estimate of drug-likeness (QED) is 0.718. The molecule has 1 aromatic rings. The SMILES string of the molecule is CCCCOC(=O)NC1CN(CCc2cccc(C(=O)O)c2)C1. The zero-order chi connectivity index (χ0) is 16.7. The van der Waals surface area contributed by atoms with Gasteiger partial charge in [-0.1, -0.05) is 25.5 Å². The number of nitrogens with one attached hydrogen (secondary N) is 1. The van der Waals surface area contributed by atoms with Crippen LogP contribution in [-0.2, 0) is 11.2 Å². The molecule has 0 unspecified atom stereocenters. The Labute approximate surface area is 136 Å². The zero-order valence-corrected chi connectivity index (χ0v) is 13.5. The van der Waals surface area contributed by atoms with E-state index >= 15 is 0 Å². The van der Waals surface area contributed by atoms with Crippen LogP contribution in [0.25, 0.3) is 0 Å². The lowest BCUT2D eigenvalue weighted by molar-refractivity contribution is 0.0696. The molecule has 1 amide bonds. The second-order valence-electron chi connectivity index (χ2n) is 5.85. The number of carboxylic acid groups (broad SMARTS) is 1. The van der Waals surface area contributed by atoms with Crippen LogP contribution < -0.4 is 5.32 Å². The number of aromatic carboxylic acids is 1. The largest absolute Gasteiger partial charge is 0.478 e. The monoisotopic (exact) mass is 320 g/mol. The number of likely N-dealkylation sites (tertiary alicyclic amines) is 1. The summed E-state index contributed by atoms with van der Waals surface area (Å²) in [7, 11) is 0. The molecule has 1 saturated heterocycles. The lowest BCUT2D eigenvalue weighted by Crippen LogP contribution is -2.59. The van der Waals surface area contributed by atoms with Gasteiger partial charge in [0.05, 0.1) is 18.2 Å². The molecular formula is C17H24N2O4. The molecule has 1 aromatic carbocycles. The fraction of sp³-hybridized carbons (Fsp3) is 0.529. The number of unbranched alkanes of at least 4 members (excludes halogenated alkanes) is 1. The third-order valence-electron chi connectivity index (χ3n) is 3.90. The standard InChI is InChI=1S/C17H24N2O4/c1-2-3-9-23-17(22)18-15-11-19(12-15)8-7-13-5-4-6-14(10-13)16(20)21/h4-6,10,15H,2-3,7-9,11-12H2,1H3,(H,18,22)(H,20,21). The number of ether oxygens (including phenoxy) is 1. The number of rotatable bonds is 8. The van der Waals surface area contributed by atoms with Gasteiger partial charge >= 0.3 is 12.1 Å². The van der Waals surface area contributed by atoms with Crippen molar-refractivity contribution >= 4 is 12.1 Å². The molecule has 0 aromatic heterocycles. The van der Waals surface area contributed by atoms with Crippen LogP contribution in [0.15, 0.2) is 24.3 Å². The average Bonchev–Trinajstić information content (AvgIpc) is 2.50. The first-order chi connectivity index (χ1) is 11.1. The number of alkyl carbamates (subject to hydrolysis) is 1. The van der Waals surface area contributed by atoms with Crippen LogP contribution >= 0.6 is 0 Å². The first-order valence-corrected chi connectivity index (χ1v) is 8.06. The van der Waals surface area contributed by atoms with Gasteiger partial charge in [0.2, 0.25) is 0 Å². The van der Waals surface area contributed by atoms with E-state index in [0.717, 1.165) is 44.5 Å². The van der Waals surface area contributed by atoms with Gasteiger partial charge in [-0.05, 0) is 30.5 Å². The summed E-state index contributed by atoms with van der Waals surface area (Å²) >= 11 is 0. The highest BCUT2D eigenvalue weighted by Crippen LogP contribution is 2.11. The number of benzene rings is 1. The lowest BCUT2D eigenvalue weighted by atomic mass is 10.1. The fourth-order valence-corrected chi connectivity index (χ4v) is 2.51. The molecule has 2 N–H and O–H groups in total. The van der Waals surface area contributed by atoms with Gasteiger partial charge in [-0.15, -0.1) is 0 Å². The first-order valence-electron chi connectivity index (χ1n) is 8.06. The van der Waals surface area contributed by atoms with E-state index in [1.54, 1.807) is 18.2 Å². The molecular weight excluding hydrogens is 296 g/mol. The van der Waals surface area contributed by atoms with E-state index in [1.165, 1.54) is 0 Å². The third-order valence-corrected chi connectivity index (χ3v) is 3.90. The fourth-order valence-electron chi connectivity index (χ4n) is 2.51. The van der Waals surface area contributed by atoms with Crippen molar-refractivity contribution in [2.45, 2.75) is 32.2 Å². The zero-order valence-electron chi connectivity index (χ0n) is 13.5. The second kappa shape index (κ2) is 8.53. The van der Waals surface area contributed by atoms with Crippen molar-refractivity contribution < 1.29 is 19.4 Å². The van der Waals surface area contributed by atoms with E-state index < -0.39 is 5.97 Å². The van der Waals surface area contributed by atoms with Crippen LogP contribution in [0.3, 0.4) is 0 Å². The Morgan fingerprint density at radius 2 is 2.17 bits per heavy atom. The predicted molar refractivity (Wildman–Crippen MR) is 86.7 cm³/mol. The summed E-state index contributed by atoms with van der Waals surface area (Å²) in [5, 5.41) is 11.8. The molecule has 23 heavy (non-hydrogen) atoms. The van der Waals surface area contributed by atoms with Gasteiger partial charge in [0.25, 0.3) is 0 Å². The van der Waals surface area contributed by atoms with Gasteiger partial charge in [0.1, 0.15) is 0 Å². The number of hydrogen-bond acceptors (Lipinski definition) is 4. The number of carbonyl (C=O) groups excluding carboxylic acids is 1. The predicted octanol–water partition coefficient (Wildman–Crippen LogP) is 2.14. The van der Waals surface area contributed by atoms with Crippen molar-refractivity contribution in [1.82, 2.24) is 10.2 Å². The first kappa shape index (κ1) is 17.3. The molecule has 6 heteroatoms. The molecule has 0 spiro atoms. The normalized spacial score (nSPS) is 15.0. The molecule has 0 aliphatic carbocycles. The maximum absolute atomic E-state index is 11.5. The van der Waals surface area contributed by atoms with Crippen molar-refractivity contribution in [2.75, 3.05) is 26.2 Å². The molecule has 1 aliphatic heterocycles. The maximum Gasteiger partial charge on any atom is 0.407 e. The Balaban J connectivity index is 1.64. The van der Waals surface area contributed by atoms with Gasteiger partial charge in [-0.25, -0.2) is 9.59 Å². The van der Waals surface area contributed by atoms with Crippen molar-refractivity contribution in [1.29, 1.82) is 0 Å². The van der Waals surface area contributed by atoms with Crippen LogP contribution in [0.2, 0.25) is 0 Å². The van der Waals surface area contributed by atoms with Crippen LogP contribution in [0, 0.1) is 0 Å². The molecule has 126 valence electrons. The summed E-state index contributed by atoms with van der Waals surface area (Å²) in [5.74, 6) is -0.901. The third kappa shape index (κ3) is 5.56. The number of hydrogen-bond donors (Lipinski definition) is 2. The van der Waals surface area contributed by atoms with Gasteiger partial charge in [-0.2, -0.15) is 0 Å². The van der Waals surface area contributed by atoms with Crippen molar-refractivity contribution in [2.24, 2.45) is 0 Å². The molecule has 0 radical (unpaired) electrons. The van der Waals surface area contributed by atoms with E-state index in [4.69, 9.17) is 9.84 Å². The smallest absolute Gasteiger partial charge is 0.407 e. The topological polar surface area (TPSA) is 78.9 Å². The summed E-state index contributed by atoms with van der Waals surface area (Å²) < 4.78 is 5.06. The number of carboxylic acids is 1. The van der Waals surface area contributed by atoms with Gasteiger partial charge in [-0.3, -0.25) is 4.90 Å². The van der Waals surface area contributed by atoms with Crippen molar-refractivity contribution in [3.8, 4) is 0 Å². The Bertz CT molecular complexity index is 541. The molecule has 0 atom stereocenters. The highest BCUT2D eigenvalue weighted by molar-refractivity contribution is 5.87. The summed E-state index contributed by atoms with van der Waals surface area (Å²) in [4.78, 5) is 24.7. The Morgan fingerprint density at radius 3 is 2.87 bits per heavy atom. The van der Waals surface area contributed by atoms with E-state index in [9.17, 15) is 9.59 Å². The summed E-state index contributed by atoms with van der Waals surface area (Å²) in [5.41, 5.74) is 1.33. The van der Waals surface area contributed by atoms with Crippen molar-refractivity contribution in [3.05, 3.63) is 35.4 Å². The Morgan fingerprint density at radius 1 is 1.39 bits per heavy atom. The highest BCUT2D eigenvalue weighted by Gasteiger charge is 2.27. The molecule has 1 heterocycles. The summed E-state index contributed by atoms with van der Waals surface area (Å²) in [6.45, 7) is 4.99. The minimum atomic E-state index is -0.901. The van der Waals surface area contributed by atoms with Crippen LogP contribution in [0.5, 0.6) is 0 Å². The molecule has 1 aliphatic rings. The second-order valence-corrected chi connectivity index (χ2v) is 5.85. The minimum Gasteiger partial charge on any atom is -0.478 e. The van der Waals surface area contributed by atoms with Crippen LogP contribution in [0.1, 0.15) is 35.7 Å². The minimum absolute atomic E-state index is 0.148. The molecule has 0 saturated carbocycles. The number of carbonyl (C=O) groups is 2.